The van der Waals surface area contributed by atoms with Crippen molar-refractivity contribution in [2.75, 3.05) is 10.0 Å². The molecule has 0 saturated heterocycles. The SMILES string of the molecule is Cc1ccc(NS(=O)(=O)c2ccc3c(c2)[C@H]2C=CC[C@H]2[C@@H](c2ccc(Cl)c(Cl)c2)N3)cc1Cl. The van der Waals surface area contributed by atoms with Crippen LogP contribution in [0.1, 0.15) is 35.1 Å². The van der Waals surface area contributed by atoms with E-state index in [-0.39, 0.29) is 22.8 Å². The molecule has 3 atom stereocenters. The second-order valence-corrected chi connectivity index (χ2v) is 11.4. The minimum atomic E-state index is -3.77. The van der Waals surface area contributed by atoms with Crippen LogP contribution in [0.5, 0.6) is 0 Å². The smallest absolute Gasteiger partial charge is 0.261 e. The van der Waals surface area contributed by atoms with Crippen LogP contribution in [-0.4, -0.2) is 8.42 Å². The third-order valence-electron chi connectivity index (χ3n) is 6.37. The second kappa shape index (κ2) is 8.55. The van der Waals surface area contributed by atoms with Gasteiger partial charge in [-0.3, -0.25) is 4.72 Å². The number of hydrogen-bond acceptors (Lipinski definition) is 3. The Kier molecular flexibility index (Phi) is 5.86. The Morgan fingerprint density at radius 3 is 2.52 bits per heavy atom. The Morgan fingerprint density at radius 1 is 0.939 bits per heavy atom. The van der Waals surface area contributed by atoms with Crippen LogP contribution in [0.25, 0.3) is 0 Å². The molecule has 170 valence electrons. The van der Waals surface area contributed by atoms with Crippen molar-refractivity contribution in [1.82, 2.24) is 0 Å². The summed E-state index contributed by atoms with van der Waals surface area (Å²) in [6, 6.07) is 16.1. The summed E-state index contributed by atoms with van der Waals surface area (Å²) >= 11 is 18.5. The van der Waals surface area contributed by atoms with Gasteiger partial charge in [-0.05, 0) is 78.4 Å². The number of allylic oxidation sites excluding steroid dienone is 2. The molecular formula is C25H21Cl3N2O2S. The first-order chi connectivity index (χ1) is 15.7. The van der Waals surface area contributed by atoms with E-state index in [0.29, 0.717) is 20.8 Å². The topological polar surface area (TPSA) is 58.2 Å². The average molecular weight is 520 g/mol. The van der Waals surface area contributed by atoms with E-state index in [0.717, 1.165) is 28.8 Å². The van der Waals surface area contributed by atoms with Crippen molar-refractivity contribution < 1.29 is 8.42 Å². The van der Waals surface area contributed by atoms with Gasteiger partial charge in [-0.25, -0.2) is 8.42 Å². The Hall–Kier alpha value is -2.18. The number of rotatable bonds is 4. The van der Waals surface area contributed by atoms with Crippen molar-refractivity contribution in [2.45, 2.75) is 30.2 Å². The molecule has 3 aromatic carbocycles. The number of hydrogen-bond donors (Lipinski definition) is 2. The maximum absolute atomic E-state index is 13.1. The van der Waals surface area contributed by atoms with Gasteiger partial charge in [0, 0.05) is 16.6 Å². The lowest BCUT2D eigenvalue weighted by Crippen LogP contribution is -2.29. The Morgan fingerprint density at radius 2 is 1.76 bits per heavy atom. The largest absolute Gasteiger partial charge is 0.378 e. The lowest BCUT2D eigenvalue weighted by molar-refractivity contribution is 0.425. The van der Waals surface area contributed by atoms with Crippen molar-refractivity contribution in [3.8, 4) is 0 Å². The first-order valence-corrected chi connectivity index (χ1v) is 13.2. The molecule has 8 heteroatoms. The molecule has 2 aliphatic rings. The van der Waals surface area contributed by atoms with Crippen molar-refractivity contribution in [2.24, 2.45) is 5.92 Å². The molecule has 33 heavy (non-hydrogen) atoms. The third kappa shape index (κ3) is 4.24. The number of sulfonamides is 1. The van der Waals surface area contributed by atoms with E-state index in [1.54, 1.807) is 30.3 Å². The maximum atomic E-state index is 13.1. The van der Waals surface area contributed by atoms with Gasteiger partial charge in [-0.15, -0.1) is 0 Å². The number of fused-ring (bicyclic) bond motifs is 3. The van der Waals surface area contributed by atoms with E-state index >= 15 is 0 Å². The number of halogens is 3. The molecule has 5 rings (SSSR count). The number of nitrogens with one attached hydrogen (secondary N) is 2. The Labute approximate surface area is 208 Å². The quantitative estimate of drug-likeness (QED) is 0.349. The zero-order chi connectivity index (χ0) is 23.3. The van der Waals surface area contributed by atoms with Crippen LogP contribution in [0.3, 0.4) is 0 Å². The molecule has 0 bridgehead atoms. The standard InChI is InChI=1S/C25H21Cl3N2O2S/c1-14-5-7-16(12-22(14)27)30-33(31,32)17-8-10-24-20(13-17)18-3-2-4-19(18)25(29-24)15-6-9-21(26)23(28)11-15/h2-3,5-13,18-19,25,29-30H,4H2,1H3/t18-,19+,25+/m0/s1. The van der Waals surface area contributed by atoms with Crippen LogP contribution < -0.4 is 10.0 Å². The summed E-state index contributed by atoms with van der Waals surface area (Å²) < 4.78 is 28.9. The van der Waals surface area contributed by atoms with Gasteiger partial charge < -0.3 is 5.32 Å². The van der Waals surface area contributed by atoms with Crippen LogP contribution in [0, 0.1) is 12.8 Å². The van der Waals surface area contributed by atoms with E-state index < -0.39 is 10.0 Å². The van der Waals surface area contributed by atoms with Gasteiger partial charge in [0.25, 0.3) is 10.0 Å². The minimum absolute atomic E-state index is 0.0440. The molecule has 0 spiro atoms. The predicted octanol–water partition coefficient (Wildman–Crippen LogP) is 7.58. The monoisotopic (exact) mass is 518 g/mol. The lowest BCUT2D eigenvalue weighted by atomic mass is 9.77. The fourth-order valence-electron chi connectivity index (χ4n) is 4.65. The average Bonchev–Trinajstić information content (AvgIpc) is 3.27. The molecule has 0 fully saturated rings. The third-order valence-corrected chi connectivity index (χ3v) is 8.90. The van der Waals surface area contributed by atoms with Crippen molar-refractivity contribution in [1.29, 1.82) is 0 Å². The summed E-state index contributed by atoms with van der Waals surface area (Å²) in [4.78, 5) is 0.215. The molecule has 3 aromatic rings. The van der Waals surface area contributed by atoms with Gasteiger partial charge in [-0.2, -0.15) is 0 Å². The van der Waals surface area contributed by atoms with Crippen molar-refractivity contribution in [3.05, 3.63) is 98.5 Å². The van der Waals surface area contributed by atoms with E-state index in [9.17, 15) is 8.42 Å². The molecule has 1 aliphatic carbocycles. The first-order valence-electron chi connectivity index (χ1n) is 10.5. The first kappa shape index (κ1) is 22.6. The zero-order valence-corrected chi connectivity index (χ0v) is 20.7. The van der Waals surface area contributed by atoms with E-state index in [1.165, 1.54) is 0 Å². The highest BCUT2D eigenvalue weighted by atomic mass is 35.5. The summed E-state index contributed by atoms with van der Waals surface area (Å²) in [6.45, 7) is 1.87. The van der Waals surface area contributed by atoms with Gasteiger partial charge >= 0.3 is 0 Å². The fourth-order valence-corrected chi connectivity index (χ4v) is 6.22. The minimum Gasteiger partial charge on any atom is -0.378 e. The van der Waals surface area contributed by atoms with Gasteiger partial charge in [0.15, 0.2) is 0 Å². The second-order valence-electron chi connectivity index (χ2n) is 8.47. The van der Waals surface area contributed by atoms with E-state index in [2.05, 4.69) is 22.2 Å². The van der Waals surface area contributed by atoms with Crippen LogP contribution in [0.15, 0.2) is 71.6 Å². The normalized spacial score (nSPS) is 21.3. The molecule has 0 amide bonds. The van der Waals surface area contributed by atoms with Crippen LogP contribution in [0.2, 0.25) is 15.1 Å². The Balaban J connectivity index is 1.48. The summed E-state index contributed by atoms with van der Waals surface area (Å²) in [5.41, 5.74) is 4.25. The number of anilines is 2. The van der Waals surface area contributed by atoms with Crippen molar-refractivity contribution in [3.63, 3.8) is 0 Å². The fraction of sp³-hybridized carbons (Fsp3) is 0.200. The summed E-state index contributed by atoms with van der Waals surface area (Å²) in [7, 11) is -3.77. The van der Waals surface area contributed by atoms with Gasteiger partial charge in [0.2, 0.25) is 0 Å². The molecule has 0 saturated carbocycles. The highest BCUT2D eigenvalue weighted by molar-refractivity contribution is 7.92. The number of aryl methyl sites for hydroxylation is 1. The predicted molar refractivity (Wildman–Crippen MR) is 136 cm³/mol. The molecule has 0 radical (unpaired) electrons. The van der Waals surface area contributed by atoms with Crippen molar-refractivity contribution >= 4 is 56.2 Å². The molecule has 2 N–H and O–H groups in total. The maximum Gasteiger partial charge on any atom is 0.261 e. The van der Waals surface area contributed by atoms with Crippen LogP contribution in [-0.2, 0) is 10.0 Å². The highest BCUT2D eigenvalue weighted by Crippen LogP contribution is 2.50. The molecule has 0 unspecified atom stereocenters. The van der Waals surface area contributed by atoms with E-state index in [1.807, 2.05) is 31.2 Å². The van der Waals surface area contributed by atoms with Gasteiger partial charge in [0.05, 0.1) is 26.7 Å². The molecule has 1 aliphatic heterocycles. The zero-order valence-electron chi connectivity index (χ0n) is 17.6. The number of benzene rings is 3. The van der Waals surface area contributed by atoms with Gasteiger partial charge in [0.1, 0.15) is 0 Å². The molecule has 0 aromatic heterocycles. The molecular weight excluding hydrogens is 499 g/mol. The van der Waals surface area contributed by atoms with E-state index in [4.69, 9.17) is 34.8 Å². The van der Waals surface area contributed by atoms with Gasteiger partial charge in [-0.1, -0.05) is 59.1 Å². The van der Waals surface area contributed by atoms with Crippen LogP contribution >= 0.6 is 34.8 Å². The highest BCUT2D eigenvalue weighted by Gasteiger charge is 2.38. The lowest BCUT2D eigenvalue weighted by Gasteiger charge is -2.37. The summed E-state index contributed by atoms with van der Waals surface area (Å²) in [5, 5.41) is 5.15. The summed E-state index contributed by atoms with van der Waals surface area (Å²) in [5.74, 6) is 0.348. The van der Waals surface area contributed by atoms with Crippen LogP contribution in [0.4, 0.5) is 11.4 Å². The molecule has 1 heterocycles. The molecule has 4 nitrogen and oxygen atoms in total. The summed E-state index contributed by atoms with van der Waals surface area (Å²) in [6.07, 6.45) is 5.21. The Bertz CT molecular complexity index is 1390.